The summed E-state index contributed by atoms with van der Waals surface area (Å²) in [6, 6.07) is 2.51. The smallest absolute Gasteiger partial charge is 0.303 e. The molecule has 5 nitrogen and oxygen atoms in total. The van der Waals surface area contributed by atoms with Crippen molar-refractivity contribution in [1.82, 2.24) is 9.88 Å². The number of carbonyl (C=O) groups excluding carboxylic acids is 1. The standard InChI is InChI=1S/C14H17FN2O3/c15-12-6-4-10(9-16-12)14(20)17-8-2-1-3-11(17)5-7-13(18)19/h4,6,9,11H,1-3,5,7-8H2,(H,18,19). The fraction of sp³-hybridized carbons (Fsp3) is 0.500. The lowest BCUT2D eigenvalue weighted by atomic mass is 9.97. The number of aliphatic carboxylic acids is 1. The van der Waals surface area contributed by atoms with E-state index < -0.39 is 11.9 Å². The Labute approximate surface area is 116 Å². The number of amides is 1. The molecule has 2 rings (SSSR count). The second-order valence-corrected chi connectivity index (χ2v) is 4.95. The molecule has 1 atom stereocenters. The second-order valence-electron chi connectivity index (χ2n) is 4.95. The number of rotatable bonds is 4. The van der Waals surface area contributed by atoms with Crippen molar-refractivity contribution in [2.24, 2.45) is 0 Å². The number of aromatic nitrogens is 1. The van der Waals surface area contributed by atoms with Gasteiger partial charge in [0, 0.05) is 25.2 Å². The molecule has 0 saturated carbocycles. The van der Waals surface area contributed by atoms with E-state index in [0.29, 0.717) is 18.5 Å². The van der Waals surface area contributed by atoms with Gasteiger partial charge < -0.3 is 10.0 Å². The normalized spacial score (nSPS) is 18.9. The molecule has 108 valence electrons. The van der Waals surface area contributed by atoms with E-state index in [-0.39, 0.29) is 18.4 Å². The van der Waals surface area contributed by atoms with Gasteiger partial charge in [-0.1, -0.05) is 0 Å². The number of likely N-dealkylation sites (tertiary alicyclic amines) is 1. The molecule has 0 aliphatic carbocycles. The topological polar surface area (TPSA) is 70.5 Å². The van der Waals surface area contributed by atoms with Crippen LogP contribution in [-0.4, -0.2) is 39.5 Å². The molecule has 2 heterocycles. The summed E-state index contributed by atoms with van der Waals surface area (Å²) in [5.41, 5.74) is 0.341. The molecule has 0 bridgehead atoms. The van der Waals surface area contributed by atoms with E-state index in [1.807, 2.05) is 0 Å². The predicted octanol–water partition coefficient (Wildman–Crippen LogP) is 2.08. The maximum absolute atomic E-state index is 12.8. The molecule has 1 fully saturated rings. The molecule has 0 aromatic carbocycles. The third kappa shape index (κ3) is 3.53. The predicted molar refractivity (Wildman–Crippen MR) is 69.7 cm³/mol. The maximum atomic E-state index is 12.8. The molecule has 1 saturated heterocycles. The van der Waals surface area contributed by atoms with Crippen molar-refractivity contribution in [3.63, 3.8) is 0 Å². The molecule has 0 spiro atoms. The van der Waals surface area contributed by atoms with E-state index >= 15 is 0 Å². The zero-order valence-electron chi connectivity index (χ0n) is 11.1. The summed E-state index contributed by atoms with van der Waals surface area (Å²) in [6.45, 7) is 0.612. The van der Waals surface area contributed by atoms with E-state index in [1.54, 1.807) is 4.90 Å². The average molecular weight is 280 g/mol. The maximum Gasteiger partial charge on any atom is 0.303 e. The molecule has 0 radical (unpaired) electrons. The molecular formula is C14H17FN2O3. The van der Waals surface area contributed by atoms with Crippen LogP contribution in [0.3, 0.4) is 0 Å². The van der Waals surface area contributed by atoms with Crippen LogP contribution in [0.25, 0.3) is 0 Å². The lowest BCUT2D eigenvalue weighted by Gasteiger charge is -2.35. The van der Waals surface area contributed by atoms with E-state index in [1.165, 1.54) is 12.3 Å². The zero-order valence-corrected chi connectivity index (χ0v) is 11.1. The Morgan fingerprint density at radius 2 is 2.20 bits per heavy atom. The highest BCUT2D eigenvalue weighted by molar-refractivity contribution is 5.94. The second kappa shape index (κ2) is 6.45. The van der Waals surface area contributed by atoms with Crippen LogP contribution in [0.5, 0.6) is 0 Å². The van der Waals surface area contributed by atoms with Gasteiger partial charge in [-0.15, -0.1) is 0 Å². The van der Waals surface area contributed by atoms with Crippen molar-refractivity contribution in [3.05, 3.63) is 29.8 Å². The number of carboxylic acids is 1. The number of hydrogen-bond donors (Lipinski definition) is 1. The van der Waals surface area contributed by atoms with E-state index in [2.05, 4.69) is 4.98 Å². The van der Waals surface area contributed by atoms with Crippen molar-refractivity contribution in [2.45, 2.75) is 38.1 Å². The molecule has 6 heteroatoms. The number of nitrogens with zero attached hydrogens (tertiary/aromatic N) is 2. The summed E-state index contributed by atoms with van der Waals surface area (Å²) >= 11 is 0. The van der Waals surface area contributed by atoms with E-state index in [9.17, 15) is 14.0 Å². The van der Waals surface area contributed by atoms with Crippen LogP contribution in [0.2, 0.25) is 0 Å². The number of pyridine rings is 1. The molecule has 1 unspecified atom stereocenters. The number of halogens is 1. The summed E-state index contributed by atoms with van der Waals surface area (Å²) in [6.07, 6.45) is 4.44. The molecule has 1 N–H and O–H groups in total. The number of hydrogen-bond acceptors (Lipinski definition) is 3. The van der Waals surface area contributed by atoms with Gasteiger partial charge in [0.1, 0.15) is 0 Å². The molecule has 1 amide bonds. The monoisotopic (exact) mass is 280 g/mol. The first kappa shape index (κ1) is 14.4. The molecule has 1 aromatic heterocycles. The highest BCUT2D eigenvalue weighted by atomic mass is 19.1. The van der Waals surface area contributed by atoms with Crippen LogP contribution in [0, 0.1) is 5.95 Å². The van der Waals surface area contributed by atoms with Crippen molar-refractivity contribution in [3.8, 4) is 0 Å². The Morgan fingerprint density at radius 3 is 2.85 bits per heavy atom. The lowest BCUT2D eigenvalue weighted by molar-refractivity contribution is -0.137. The first-order valence-electron chi connectivity index (χ1n) is 6.72. The van der Waals surface area contributed by atoms with Gasteiger partial charge in [-0.2, -0.15) is 4.39 Å². The molecule has 20 heavy (non-hydrogen) atoms. The fourth-order valence-corrected chi connectivity index (χ4v) is 2.53. The quantitative estimate of drug-likeness (QED) is 0.857. The van der Waals surface area contributed by atoms with Gasteiger partial charge >= 0.3 is 5.97 Å². The summed E-state index contributed by atoms with van der Waals surface area (Å²) in [4.78, 5) is 28.2. The molecule has 1 aromatic rings. The van der Waals surface area contributed by atoms with Crippen LogP contribution < -0.4 is 0 Å². The minimum absolute atomic E-state index is 0.0517. The summed E-state index contributed by atoms with van der Waals surface area (Å²) in [5, 5.41) is 8.76. The third-order valence-corrected chi connectivity index (χ3v) is 3.55. The van der Waals surface area contributed by atoms with Crippen molar-refractivity contribution < 1.29 is 19.1 Å². The summed E-state index contributed by atoms with van der Waals surface area (Å²) in [5.74, 6) is -1.68. The SMILES string of the molecule is O=C(O)CCC1CCCCN1C(=O)c1ccc(F)nc1. The molecule has 1 aliphatic heterocycles. The van der Waals surface area contributed by atoms with Crippen LogP contribution in [-0.2, 0) is 4.79 Å². The van der Waals surface area contributed by atoms with Crippen molar-refractivity contribution >= 4 is 11.9 Å². The zero-order chi connectivity index (χ0) is 14.5. The number of carbonyl (C=O) groups is 2. The Kier molecular flexibility index (Phi) is 4.65. The average Bonchev–Trinajstić information content (AvgIpc) is 2.45. The Hall–Kier alpha value is -1.98. The van der Waals surface area contributed by atoms with Crippen LogP contribution >= 0.6 is 0 Å². The minimum Gasteiger partial charge on any atom is -0.481 e. The van der Waals surface area contributed by atoms with E-state index in [0.717, 1.165) is 25.3 Å². The number of carboxylic acid groups (broad SMARTS) is 1. The van der Waals surface area contributed by atoms with Gasteiger partial charge in [0.25, 0.3) is 5.91 Å². The highest BCUT2D eigenvalue weighted by Crippen LogP contribution is 2.23. The van der Waals surface area contributed by atoms with Crippen molar-refractivity contribution in [1.29, 1.82) is 0 Å². The van der Waals surface area contributed by atoms with Gasteiger partial charge in [0.05, 0.1) is 5.56 Å². The Morgan fingerprint density at radius 1 is 1.40 bits per heavy atom. The van der Waals surface area contributed by atoms with Crippen LogP contribution in [0.1, 0.15) is 42.5 Å². The lowest BCUT2D eigenvalue weighted by Crippen LogP contribution is -2.44. The molecule has 1 aliphatic rings. The highest BCUT2D eigenvalue weighted by Gasteiger charge is 2.27. The fourth-order valence-electron chi connectivity index (χ4n) is 2.53. The third-order valence-electron chi connectivity index (χ3n) is 3.55. The minimum atomic E-state index is -0.855. The van der Waals surface area contributed by atoms with Gasteiger partial charge in [0.15, 0.2) is 0 Å². The van der Waals surface area contributed by atoms with Gasteiger partial charge in [-0.3, -0.25) is 9.59 Å². The van der Waals surface area contributed by atoms with Gasteiger partial charge in [-0.25, -0.2) is 4.98 Å². The summed E-state index contributed by atoms with van der Waals surface area (Å²) < 4.78 is 12.8. The van der Waals surface area contributed by atoms with Crippen LogP contribution in [0.4, 0.5) is 4.39 Å². The first-order chi connectivity index (χ1) is 9.58. The van der Waals surface area contributed by atoms with Gasteiger partial charge in [-0.05, 0) is 37.8 Å². The Balaban J connectivity index is 2.08. The van der Waals surface area contributed by atoms with Crippen LogP contribution in [0.15, 0.2) is 18.3 Å². The summed E-state index contributed by atoms with van der Waals surface area (Å²) in [7, 11) is 0. The van der Waals surface area contributed by atoms with Gasteiger partial charge in [0.2, 0.25) is 5.95 Å². The molecular weight excluding hydrogens is 263 g/mol. The van der Waals surface area contributed by atoms with Crippen molar-refractivity contribution in [2.75, 3.05) is 6.54 Å². The first-order valence-corrected chi connectivity index (χ1v) is 6.72. The largest absolute Gasteiger partial charge is 0.481 e. The van der Waals surface area contributed by atoms with E-state index in [4.69, 9.17) is 5.11 Å². The number of piperidine rings is 1. The Bertz CT molecular complexity index is 490.